The number of aryl methyl sites for hydroxylation is 2. The number of benzene rings is 2. The number of allylic oxidation sites excluding steroid dienone is 1. The maximum atomic E-state index is 2.45. The van der Waals surface area contributed by atoms with Crippen LogP contribution in [0.5, 0.6) is 0 Å². The third-order valence-corrected chi connectivity index (χ3v) is 4.90. The Balaban J connectivity index is 0.00000225. The predicted octanol–water partition coefficient (Wildman–Crippen LogP) is 5.61. The molecule has 1 aliphatic carbocycles. The Morgan fingerprint density at radius 2 is 1.60 bits per heavy atom. The molecule has 2 heteroatoms. The van der Waals surface area contributed by atoms with Crippen LogP contribution in [-0.2, 0) is 25.8 Å². The smallest absolute Gasteiger partial charge is 0.0234 e. The molecule has 25 heavy (non-hydrogen) atoms. The third-order valence-electron chi connectivity index (χ3n) is 4.90. The van der Waals surface area contributed by atoms with Crippen molar-refractivity contribution in [2.45, 2.75) is 45.1 Å². The average molecular weight is 356 g/mol. The van der Waals surface area contributed by atoms with Crippen LogP contribution in [0.15, 0.2) is 60.7 Å². The Bertz CT molecular complexity index is 663. The van der Waals surface area contributed by atoms with E-state index in [0.29, 0.717) is 0 Å². The fourth-order valence-electron chi connectivity index (χ4n) is 3.53. The van der Waals surface area contributed by atoms with Crippen molar-refractivity contribution in [1.82, 2.24) is 4.90 Å². The Labute approximate surface area is 159 Å². The minimum Gasteiger partial charge on any atom is -0.298 e. The van der Waals surface area contributed by atoms with Crippen LogP contribution in [0, 0.1) is 0 Å². The number of halogens is 1. The van der Waals surface area contributed by atoms with Crippen molar-refractivity contribution >= 4 is 12.4 Å². The van der Waals surface area contributed by atoms with Crippen LogP contribution in [0.25, 0.3) is 0 Å². The first-order chi connectivity index (χ1) is 11.8. The first-order valence-electron chi connectivity index (χ1n) is 9.29. The van der Waals surface area contributed by atoms with E-state index in [-0.39, 0.29) is 12.4 Å². The van der Waals surface area contributed by atoms with Crippen LogP contribution in [0.4, 0.5) is 0 Å². The van der Waals surface area contributed by atoms with Crippen LogP contribution in [0.3, 0.4) is 0 Å². The number of hydrogen-bond acceptors (Lipinski definition) is 1. The van der Waals surface area contributed by atoms with Gasteiger partial charge < -0.3 is 0 Å². The summed E-state index contributed by atoms with van der Waals surface area (Å²) in [6, 6.07) is 17.8. The van der Waals surface area contributed by atoms with Crippen molar-refractivity contribution in [3.63, 3.8) is 0 Å². The Kier molecular flexibility index (Phi) is 8.24. The summed E-state index contributed by atoms with van der Waals surface area (Å²) in [7, 11) is 2.21. The molecule has 1 aliphatic rings. The van der Waals surface area contributed by atoms with Gasteiger partial charge in [0.25, 0.3) is 0 Å². The largest absolute Gasteiger partial charge is 0.298 e. The van der Waals surface area contributed by atoms with E-state index in [1.54, 1.807) is 11.1 Å². The van der Waals surface area contributed by atoms with E-state index < -0.39 is 0 Å². The van der Waals surface area contributed by atoms with Gasteiger partial charge in [-0.05, 0) is 61.4 Å². The highest BCUT2D eigenvalue weighted by atomic mass is 35.5. The Morgan fingerprint density at radius 1 is 0.840 bits per heavy atom. The lowest BCUT2D eigenvalue weighted by Gasteiger charge is -2.16. The fraction of sp³-hybridized carbons (Fsp3) is 0.391. The van der Waals surface area contributed by atoms with Crippen LogP contribution >= 0.6 is 12.4 Å². The molecule has 3 rings (SSSR count). The van der Waals surface area contributed by atoms with Gasteiger partial charge in [-0.3, -0.25) is 4.90 Å². The van der Waals surface area contributed by atoms with Gasteiger partial charge in [-0.15, -0.1) is 12.4 Å². The molecule has 134 valence electrons. The number of rotatable bonds is 6. The monoisotopic (exact) mass is 355 g/mol. The molecule has 0 unspecified atom stereocenters. The van der Waals surface area contributed by atoms with Gasteiger partial charge in [-0.1, -0.05) is 67.1 Å². The number of hydrogen-bond donors (Lipinski definition) is 0. The minimum absolute atomic E-state index is 0. The van der Waals surface area contributed by atoms with Gasteiger partial charge in [0.15, 0.2) is 0 Å². The van der Waals surface area contributed by atoms with Gasteiger partial charge in [0, 0.05) is 13.1 Å². The van der Waals surface area contributed by atoms with E-state index in [4.69, 9.17) is 0 Å². The highest BCUT2D eigenvalue weighted by Gasteiger charge is 2.09. The SMILES string of the molecule is CN(C/C=C/Cc1ccccc1)Cc1ccc2c(c1)CCCCC2.Cl. The Morgan fingerprint density at radius 3 is 2.40 bits per heavy atom. The molecule has 0 saturated carbocycles. The van der Waals surface area contributed by atoms with Gasteiger partial charge in [0.05, 0.1) is 0 Å². The summed E-state index contributed by atoms with van der Waals surface area (Å²) < 4.78 is 0. The first kappa shape index (κ1) is 19.8. The third kappa shape index (κ3) is 6.34. The second-order valence-electron chi connectivity index (χ2n) is 7.02. The molecule has 0 fully saturated rings. The Hall–Kier alpha value is -1.57. The van der Waals surface area contributed by atoms with E-state index in [1.165, 1.54) is 43.2 Å². The number of nitrogens with zero attached hydrogens (tertiary/aromatic N) is 1. The summed E-state index contributed by atoms with van der Waals surface area (Å²) in [5.74, 6) is 0. The second-order valence-corrected chi connectivity index (χ2v) is 7.02. The van der Waals surface area contributed by atoms with E-state index in [0.717, 1.165) is 19.5 Å². The summed E-state index contributed by atoms with van der Waals surface area (Å²) >= 11 is 0. The van der Waals surface area contributed by atoms with Crippen LogP contribution in [0.1, 0.15) is 41.5 Å². The van der Waals surface area contributed by atoms with Crippen molar-refractivity contribution in [1.29, 1.82) is 0 Å². The molecule has 0 aromatic heterocycles. The van der Waals surface area contributed by atoms with Crippen molar-refractivity contribution in [2.24, 2.45) is 0 Å². The molecule has 2 aromatic carbocycles. The lowest BCUT2D eigenvalue weighted by molar-refractivity contribution is 0.363. The molecule has 0 aliphatic heterocycles. The molecule has 0 spiro atoms. The van der Waals surface area contributed by atoms with Crippen molar-refractivity contribution in [2.75, 3.05) is 13.6 Å². The zero-order valence-electron chi connectivity index (χ0n) is 15.3. The summed E-state index contributed by atoms with van der Waals surface area (Å²) in [5, 5.41) is 0. The normalized spacial score (nSPS) is 14.2. The zero-order chi connectivity index (χ0) is 16.6. The highest BCUT2D eigenvalue weighted by molar-refractivity contribution is 5.85. The number of fused-ring (bicyclic) bond motifs is 1. The van der Waals surface area contributed by atoms with Gasteiger partial charge in [-0.25, -0.2) is 0 Å². The summed E-state index contributed by atoms with van der Waals surface area (Å²) in [4.78, 5) is 2.39. The molecular formula is C23H30ClN. The molecule has 0 heterocycles. The molecule has 0 atom stereocenters. The summed E-state index contributed by atoms with van der Waals surface area (Å²) in [6.45, 7) is 2.03. The lowest BCUT2D eigenvalue weighted by atomic mass is 10.00. The minimum atomic E-state index is 0. The molecule has 0 saturated heterocycles. The number of likely N-dealkylation sites (N-methyl/N-ethyl adjacent to an activating group) is 1. The van der Waals surface area contributed by atoms with Gasteiger partial charge in [0.1, 0.15) is 0 Å². The van der Waals surface area contributed by atoms with E-state index >= 15 is 0 Å². The molecular weight excluding hydrogens is 326 g/mol. The molecule has 0 radical (unpaired) electrons. The van der Waals surface area contributed by atoms with E-state index in [9.17, 15) is 0 Å². The zero-order valence-corrected chi connectivity index (χ0v) is 16.1. The van der Waals surface area contributed by atoms with Crippen LogP contribution in [-0.4, -0.2) is 18.5 Å². The van der Waals surface area contributed by atoms with Crippen molar-refractivity contribution in [3.05, 3.63) is 82.9 Å². The highest BCUT2D eigenvalue weighted by Crippen LogP contribution is 2.22. The molecule has 0 amide bonds. The standard InChI is InChI=1S/C23H29N.ClH/c1-24(17-9-8-12-20-10-4-2-5-11-20)19-21-15-16-22-13-6-3-7-14-23(22)18-21;/h2,4-5,8-11,15-16,18H,3,6-7,12-14,17,19H2,1H3;1H/b9-8+;. The molecule has 2 aromatic rings. The topological polar surface area (TPSA) is 3.24 Å². The van der Waals surface area contributed by atoms with Crippen LogP contribution in [0.2, 0.25) is 0 Å². The fourth-order valence-corrected chi connectivity index (χ4v) is 3.53. The second kappa shape index (κ2) is 10.4. The van der Waals surface area contributed by atoms with E-state index in [2.05, 4.69) is 72.6 Å². The summed E-state index contributed by atoms with van der Waals surface area (Å²) in [5.41, 5.74) is 6.01. The lowest BCUT2D eigenvalue weighted by Crippen LogP contribution is -2.17. The van der Waals surface area contributed by atoms with Crippen molar-refractivity contribution in [3.8, 4) is 0 Å². The van der Waals surface area contributed by atoms with Crippen LogP contribution < -0.4 is 0 Å². The summed E-state index contributed by atoms with van der Waals surface area (Å²) in [6.07, 6.45) is 12.2. The average Bonchev–Trinajstić information content (AvgIpc) is 2.84. The quantitative estimate of drug-likeness (QED) is 0.481. The van der Waals surface area contributed by atoms with E-state index in [1.807, 2.05) is 0 Å². The first-order valence-corrected chi connectivity index (χ1v) is 9.29. The molecule has 1 nitrogen and oxygen atoms in total. The predicted molar refractivity (Wildman–Crippen MR) is 111 cm³/mol. The maximum absolute atomic E-state index is 2.45. The van der Waals surface area contributed by atoms with Gasteiger partial charge >= 0.3 is 0 Å². The van der Waals surface area contributed by atoms with Gasteiger partial charge in [0.2, 0.25) is 0 Å². The maximum Gasteiger partial charge on any atom is 0.0234 e. The molecule has 0 N–H and O–H groups in total. The van der Waals surface area contributed by atoms with Gasteiger partial charge in [-0.2, -0.15) is 0 Å². The molecule has 0 bridgehead atoms. The van der Waals surface area contributed by atoms with Crippen molar-refractivity contribution < 1.29 is 0 Å².